The molecule has 4 unspecified atom stereocenters. The first-order valence-corrected chi connectivity index (χ1v) is 7.54. The zero-order valence-electron chi connectivity index (χ0n) is 12.4. The molecule has 2 bridgehead atoms. The molecule has 2 N–H and O–H groups in total. The first kappa shape index (κ1) is 14.0. The summed E-state index contributed by atoms with van der Waals surface area (Å²) in [6, 6.07) is 0.193. The first-order valence-electron chi connectivity index (χ1n) is 7.54. The van der Waals surface area contributed by atoms with Crippen LogP contribution in [0.5, 0.6) is 0 Å². The molecule has 0 aliphatic heterocycles. The molecule has 1 aromatic rings. The number of nitro groups is 1. The van der Waals surface area contributed by atoms with E-state index in [4.69, 9.17) is 0 Å². The van der Waals surface area contributed by atoms with Crippen molar-refractivity contribution >= 4 is 17.5 Å². The minimum absolute atomic E-state index is 0.0657. The molecule has 0 amide bonds. The second-order valence-electron chi connectivity index (χ2n) is 6.21. The van der Waals surface area contributed by atoms with E-state index in [0.29, 0.717) is 17.7 Å². The molecular formula is C14H21N5O2. The van der Waals surface area contributed by atoms with Crippen LogP contribution in [-0.4, -0.2) is 28.0 Å². The van der Waals surface area contributed by atoms with E-state index in [1.54, 1.807) is 7.05 Å². The van der Waals surface area contributed by atoms with Gasteiger partial charge in [0.05, 0.1) is 4.92 Å². The molecule has 2 aliphatic carbocycles. The van der Waals surface area contributed by atoms with Crippen LogP contribution in [-0.2, 0) is 0 Å². The summed E-state index contributed by atoms with van der Waals surface area (Å²) in [6.07, 6.45) is 6.47. The van der Waals surface area contributed by atoms with Crippen LogP contribution in [0, 0.1) is 27.9 Å². The van der Waals surface area contributed by atoms with Crippen molar-refractivity contribution in [1.29, 1.82) is 0 Å². The van der Waals surface area contributed by atoms with Crippen molar-refractivity contribution in [3.05, 3.63) is 16.3 Å². The van der Waals surface area contributed by atoms with Gasteiger partial charge in [0, 0.05) is 13.1 Å². The van der Waals surface area contributed by atoms with Gasteiger partial charge in [-0.3, -0.25) is 10.1 Å². The van der Waals surface area contributed by atoms with E-state index >= 15 is 0 Å². The highest BCUT2D eigenvalue weighted by atomic mass is 16.6. The lowest BCUT2D eigenvalue weighted by Crippen LogP contribution is -2.30. The molecule has 7 nitrogen and oxygen atoms in total. The van der Waals surface area contributed by atoms with Crippen LogP contribution in [0.2, 0.25) is 0 Å². The van der Waals surface area contributed by atoms with E-state index < -0.39 is 4.92 Å². The smallest absolute Gasteiger partial charge is 0.329 e. The summed E-state index contributed by atoms with van der Waals surface area (Å²) >= 11 is 0. The Morgan fingerprint density at radius 2 is 2.24 bits per heavy atom. The monoisotopic (exact) mass is 291 g/mol. The Hall–Kier alpha value is -1.92. The predicted molar refractivity (Wildman–Crippen MR) is 80.3 cm³/mol. The van der Waals surface area contributed by atoms with Crippen molar-refractivity contribution in [2.75, 3.05) is 17.7 Å². The zero-order valence-corrected chi connectivity index (χ0v) is 12.4. The van der Waals surface area contributed by atoms with Gasteiger partial charge in [0.15, 0.2) is 0 Å². The third-order valence-corrected chi connectivity index (χ3v) is 4.99. The van der Waals surface area contributed by atoms with Gasteiger partial charge < -0.3 is 10.6 Å². The Bertz CT molecular complexity index is 550. The van der Waals surface area contributed by atoms with Crippen LogP contribution >= 0.6 is 0 Å². The summed E-state index contributed by atoms with van der Waals surface area (Å²) in [7, 11) is 1.70. The molecule has 0 aromatic carbocycles. The molecule has 1 aromatic heterocycles. The van der Waals surface area contributed by atoms with Crippen LogP contribution in [0.3, 0.4) is 0 Å². The van der Waals surface area contributed by atoms with Crippen LogP contribution in [0.1, 0.15) is 32.6 Å². The van der Waals surface area contributed by atoms with Gasteiger partial charge in [0.25, 0.3) is 0 Å². The lowest BCUT2D eigenvalue weighted by molar-refractivity contribution is -0.384. The molecule has 2 aliphatic rings. The van der Waals surface area contributed by atoms with Gasteiger partial charge >= 0.3 is 5.69 Å². The van der Waals surface area contributed by atoms with Gasteiger partial charge in [-0.1, -0.05) is 6.42 Å². The number of anilines is 2. The fourth-order valence-corrected chi connectivity index (χ4v) is 3.96. The second-order valence-corrected chi connectivity index (χ2v) is 6.21. The van der Waals surface area contributed by atoms with Gasteiger partial charge in [-0.15, -0.1) is 0 Å². The van der Waals surface area contributed by atoms with Crippen LogP contribution in [0.15, 0.2) is 6.20 Å². The normalized spacial score (nSPS) is 28.4. The Morgan fingerprint density at radius 3 is 2.81 bits per heavy atom. The summed E-state index contributed by atoms with van der Waals surface area (Å²) in [4.78, 5) is 18.8. The fraction of sp³-hybridized carbons (Fsp3) is 0.714. The maximum Gasteiger partial charge on any atom is 0.329 e. The summed E-state index contributed by atoms with van der Waals surface area (Å²) in [5.74, 6) is 2.92. The summed E-state index contributed by atoms with van der Waals surface area (Å²) in [5.41, 5.74) is -0.0657. The van der Waals surface area contributed by atoms with Gasteiger partial charge in [0.1, 0.15) is 6.20 Å². The molecule has 1 heterocycles. The van der Waals surface area contributed by atoms with E-state index in [9.17, 15) is 10.1 Å². The highest BCUT2D eigenvalue weighted by molar-refractivity contribution is 5.57. The second kappa shape index (κ2) is 5.46. The van der Waals surface area contributed by atoms with E-state index in [1.165, 1.54) is 31.9 Å². The average Bonchev–Trinajstić information content (AvgIpc) is 3.09. The number of aromatic nitrogens is 2. The summed E-state index contributed by atoms with van der Waals surface area (Å²) in [6.45, 7) is 2.11. The molecule has 2 saturated carbocycles. The Kier molecular flexibility index (Phi) is 3.65. The maximum atomic E-state index is 11.1. The number of hydrogen-bond donors (Lipinski definition) is 2. The third-order valence-electron chi connectivity index (χ3n) is 4.99. The number of hydrogen-bond acceptors (Lipinski definition) is 6. The predicted octanol–water partition coefficient (Wildman–Crippen LogP) is 2.66. The van der Waals surface area contributed by atoms with Crippen molar-refractivity contribution in [2.45, 2.75) is 38.6 Å². The van der Waals surface area contributed by atoms with Gasteiger partial charge in [-0.2, -0.15) is 4.98 Å². The van der Waals surface area contributed by atoms with Crippen molar-refractivity contribution in [3.63, 3.8) is 0 Å². The Morgan fingerprint density at radius 1 is 1.43 bits per heavy atom. The van der Waals surface area contributed by atoms with Crippen LogP contribution < -0.4 is 10.6 Å². The van der Waals surface area contributed by atoms with Gasteiger partial charge in [0.2, 0.25) is 11.8 Å². The molecular weight excluding hydrogens is 270 g/mol. The Balaban J connectivity index is 1.78. The number of nitrogens with zero attached hydrogens (tertiary/aromatic N) is 3. The number of fused-ring (bicyclic) bond motifs is 2. The molecule has 0 radical (unpaired) electrons. The molecule has 7 heteroatoms. The Labute approximate surface area is 123 Å². The van der Waals surface area contributed by atoms with Gasteiger partial charge in [-0.05, 0) is 43.9 Å². The fourth-order valence-electron chi connectivity index (χ4n) is 3.96. The number of nitrogens with one attached hydrogen (secondary N) is 2. The molecule has 4 atom stereocenters. The SMILES string of the molecule is CNc1ncc([N+](=O)[O-])c(NC(C)C2CC3CCC2C3)n1. The molecule has 0 spiro atoms. The maximum absolute atomic E-state index is 11.1. The van der Waals surface area contributed by atoms with Gasteiger partial charge in [-0.25, -0.2) is 4.98 Å². The largest absolute Gasteiger partial charge is 0.361 e. The molecule has 21 heavy (non-hydrogen) atoms. The quantitative estimate of drug-likeness (QED) is 0.640. The number of rotatable bonds is 5. The molecule has 0 saturated heterocycles. The van der Waals surface area contributed by atoms with Crippen molar-refractivity contribution < 1.29 is 4.92 Å². The topological polar surface area (TPSA) is 93.0 Å². The van der Waals surface area contributed by atoms with Crippen molar-refractivity contribution in [1.82, 2.24) is 9.97 Å². The molecule has 3 rings (SSSR count). The van der Waals surface area contributed by atoms with E-state index in [0.717, 1.165) is 11.8 Å². The summed E-state index contributed by atoms with van der Waals surface area (Å²) < 4.78 is 0. The minimum Gasteiger partial charge on any atom is -0.361 e. The lowest BCUT2D eigenvalue weighted by Gasteiger charge is -2.28. The highest BCUT2D eigenvalue weighted by Gasteiger charge is 2.42. The molecule has 2 fully saturated rings. The molecule has 114 valence electrons. The van der Waals surface area contributed by atoms with E-state index in [-0.39, 0.29) is 11.7 Å². The third kappa shape index (κ3) is 2.64. The average molecular weight is 291 g/mol. The lowest BCUT2D eigenvalue weighted by atomic mass is 9.84. The van der Waals surface area contributed by atoms with E-state index in [1.807, 2.05) is 0 Å². The van der Waals surface area contributed by atoms with Crippen LogP contribution in [0.4, 0.5) is 17.5 Å². The summed E-state index contributed by atoms with van der Waals surface area (Å²) in [5, 5.41) is 17.2. The minimum atomic E-state index is -0.435. The van der Waals surface area contributed by atoms with Crippen molar-refractivity contribution in [3.8, 4) is 0 Å². The van der Waals surface area contributed by atoms with Crippen LogP contribution in [0.25, 0.3) is 0 Å². The zero-order chi connectivity index (χ0) is 15.0. The highest BCUT2D eigenvalue weighted by Crippen LogP contribution is 2.50. The standard InChI is InChI=1S/C14H21N5O2/c1-8(11-6-9-3-4-10(11)5-9)17-13-12(19(20)21)7-16-14(15-2)18-13/h7-11H,3-6H2,1-2H3,(H2,15,16,17,18). The first-order chi connectivity index (χ1) is 10.1. The van der Waals surface area contributed by atoms with Crippen molar-refractivity contribution in [2.24, 2.45) is 17.8 Å². The van der Waals surface area contributed by atoms with E-state index in [2.05, 4.69) is 27.5 Å².